The maximum atomic E-state index is 12.2. The highest BCUT2D eigenvalue weighted by atomic mass is 16.3. The first-order chi connectivity index (χ1) is 9.47. The molecule has 0 saturated carbocycles. The summed E-state index contributed by atoms with van der Waals surface area (Å²) in [5.74, 6) is 0.0956. The van der Waals surface area contributed by atoms with Crippen LogP contribution in [0.3, 0.4) is 0 Å². The number of nitrogens with zero attached hydrogens (tertiary/aromatic N) is 1. The van der Waals surface area contributed by atoms with Gasteiger partial charge in [0.05, 0.1) is 12.2 Å². The van der Waals surface area contributed by atoms with Crippen LogP contribution in [0, 0.1) is 5.92 Å². The monoisotopic (exact) mass is 278 g/mol. The Morgan fingerprint density at radius 3 is 2.90 bits per heavy atom. The quantitative estimate of drug-likeness (QED) is 0.774. The molecule has 2 rings (SSSR count). The summed E-state index contributed by atoms with van der Waals surface area (Å²) in [4.78, 5) is 13.9. The molecule has 5 nitrogen and oxygen atoms in total. The van der Waals surface area contributed by atoms with Gasteiger partial charge in [-0.05, 0) is 37.0 Å². The first-order valence-corrected chi connectivity index (χ1v) is 6.99. The van der Waals surface area contributed by atoms with Gasteiger partial charge in [-0.2, -0.15) is 0 Å². The summed E-state index contributed by atoms with van der Waals surface area (Å²) in [6.07, 6.45) is -0.267. The van der Waals surface area contributed by atoms with Crippen molar-refractivity contribution in [3.63, 3.8) is 0 Å². The van der Waals surface area contributed by atoms with Crippen LogP contribution in [0.2, 0.25) is 0 Å². The van der Waals surface area contributed by atoms with E-state index in [9.17, 15) is 15.0 Å². The highest BCUT2D eigenvalue weighted by Crippen LogP contribution is 2.20. The molecule has 1 saturated heterocycles. The average molecular weight is 278 g/mol. The Kier molecular flexibility index (Phi) is 4.62. The van der Waals surface area contributed by atoms with Crippen LogP contribution in [-0.2, 0) is 0 Å². The van der Waals surface area contributed by atoms with Gasteiger partial charge in [0.2, 0.25) is 0 Å². The summed E-state index contributed by atoms with van der Waals surface area (Å²) in [5, 5.41) is 22.1. The topological polar surface area (TPSA) is 72.8 Å². The maximum Gasteiger partial charge on any atom is 0.321 e. The first-order valence-electron chi connectivity index (χ1n) is 6.99. The summed E-state index contributed by atoms with van der Waals surface area (Å²) >= 11 is 0. The molecule has 3 unspecified atom stereocenters. The fourth-order valence-electron chi connectivity index (χ4n) is 2.40. The number of carbonyl (C=O) groups is 1. The molecule has 3 atom stereocenters. The van der Waals surface area contributed by atoms with Crippen molar-refractivity contribution in [3.05, 3.63) is 29.8 Å². The molecule has 2 amide bonds. The van der Waals surface area contributed by atoms with Crippen LogP contribution in [-0.4, -0.2) is 40.3 Å². The third-order valence-corrected chi connectivity index (χ3v) is 3.77. The highest BCUT2D eigenvalue weighted by Gasteiger charge is 2.27. The lowest BCUT2D eigenvalue weighted by atomic mass is 9.97. The molecule has 1 aromatic rings. The maximum absolute atomic E-state index is 12.2. The summed E-state index contributed by atoms with van der Waals surface area (Å²) in [6, 6.07) is 7.03. The lowest BCUT2D eigenvalue weighted by Gasteiger charge is -2.34. The second kappa shape index (κ2) is 6.24. The van der Waals surface area contributed by atoms with Gasteiger partial charge in [0.25, 0.3) is 0 Å². The van der Waals surface area contributed by atoms with E-state index in [1.807, 2.05) is 13.0 Å². The van der Waals surface area contributed by atoms with Crippen LogP contribution in [0.25, 0.3) is 0 Å². The molecule has 0 bridgehead atoms. The summed E-state index contributed by atoms with van der Waals surface area (Å²) in [6.45, 7) is 4.75. The van der Waals surface area contributed by atoms with E-state index in [4.69, 9.17) is 0 Å². The Labute approximate surface area is 119 Å². The Morgan fingerprint density at radius 1 is 1.50 bits per heavy atom. The van der Waals surface area contributed by atoms with Gasteiger partial charge in [0.15, 0.2) is 0 Å². The lowest BCUT2D eigenvalue weighted by molar-refractivity contribution is 0.0506. The van der Waals surface area contributed by atoms with E-state index in [1.54, 1.807) is 30.0 Å². The molecule has 1 aliphatic heterocycles. The van der Waals surface area contributed by atoms with Crippen molar-refractivity contribution in [2.75, 3.05) is 18.4 Å². The minimum atomic E-state index is -0.558. The van der Waals surface area contributed by atoms with Gasteiger partial charge in [-0.25, -0.2) is 4.79 Å². The number of hydrogen-bond donors (Lipinski definition) is 3. The van der Waals surface area contributed by atoms with Crippen LogP contribution in [0.15, 0.2) is 24.3 Å². The van der Waals surface area contributed by atoms with E-state index in [0.717, 1.165) is 5.56 Å². The number of urea groups is 1. The Morgan fingerprint density at radius 2 is 2.25 bits per heavy atom. The van der Waals surface area contributed by atoms with Gasteiger partial charge in [-0.3, -0.25) is 0 Å². The van der Waals surface area contributed by atoms with E-state index >= 15 is 0 Å². The molecular weight excluding hydrogens is 256 g/mol. The minimum Gasteiger partial charge on any atom is -0.393 e. The van der Waals surface area contributed by atoms with E-state index in [1.165, 1.54) is 0 Å². The van der Waals surface area contributed by atoms with Gasteiger partial charge in [-0.15, -0.1) is 0 Å². The predicted octanol–water partition coefficient (Wildman–Crippen LogP) is 1.97. The summed E-state index contributed by atoms with van der Waals surface area (Å²) < 4.78 is 0. The van der Waals surface area contributed by atoms with Crippen LogP contribution in [0.5, 0.6) is 0 Å². The van der Waals surface area contributed by atoms with Crippen molar-refractivity contribution >= 4 is 11.7 Å². The standard InChI is InChI=1S/C15H22N2O3/c1-10-9-17(7-6-14(10)19)15(20)16-13-5-3-4-12(8-13)11(2)18/h3-5,8,10-11,14,18-19H,6-7,9H2,1-2H3,(H,16,20). The second-order valence-corrected chi connectivity index (χ2v) is 5.51. The number of amides is 2. The van der Waals surface area contributed by atoms with Gasteiger partial charge in [-0.1, -0.05) is 19.1 Å². The van der Waals surface area contributed by atoms with E-state index in [-0.39, 0.29) is 18.1 Å². The van der Waals surface area contributed by atoms with Gasteiger partial charge >= 0.3 is 6.03 Å². The average Bonchev–Trinajstić information content (AvgIpc) is 2.42. The number of anilines is 1. The molecule has 0 spiro atoms. The molecule has 20 heavy (non-hydrogen) atoms. The molecule has 1 aliphatic rings. The number of nitrogens with one attached hydrogen (secondary N) is 1. The lowest BCUT2D eigenvalue weighted by Crippen LogP contribution is -2.46. The molecule has 1 aromatic carbocycles. The van der Waals surface area contributed by atoms with Crippen molar-refractivity contribution in [2.45, 2.75) is 32.5 Å². The number of aliphatic hydroxyl groups excluding tert-OH is 2. The van der Waals surface area contributed by atoms with Crippen LogP contribution in [0.4, 0.5) is 10.5 Å². The van der Waals surface area contributed by atoms with Crippen molar-refractivity contribution in [1.82, 2.24) is 4.90 Å². The smallest absolute Gasteiger partial charge is 0.321 e. The summed E-state index contributed by atoms with van der Waals surface area (Å²) in [5.41, 5.74) is 1.44. The van der Waals surface area contributed by atoms with Gasteiger partial charge in [0.1, 0.15) is 0 Å². The molecule has 1 fully saturated rings. The number of hydrogen-bond acceptors (Lipinski definition) is 3. The largest absolute Gasteiger partial charge is 0.393 e. The third kappa shape index (κ3) is 3.49. The highest BCUT2D eigenvalue weighted by molar-refractivity contribution is 5.89. The van der Waals surface area contributed by atoms with E-state index in [2.05, 4.69) is 5.32 Å². The molecule has 3 N–H and O–H groups in total. The zero-order valence-electron chi connectivity index (χ0n) is 11.9. The number of benzene rings is 1. The second-order valence-electron chi connectivity index (χ2n) is 5.51. The van der Waals surface area contributed by atoms with E-state index in [0.29, 0.717) is 25.2 Å². The Balaban J connectivity index is 1.99. The molecule has 0 aliphatic carbocycles. The minimum absolute atomic E-state index is 0.0956. The van der Waals surface area contributed by atoms with Crippen molar-refractivity contribution in [1.29, 1.82) is 0 Å². The number of carbonyl (C=O) groups excluding carboxylic acids is 1. The van der Waals surface area contributed by atoms with Crippen LogP contribution >= 0.6 is 0 Å². The molecule has 1 heterocycles. The first kappa shape index (κ1) is 14.8. The number of aliphatic hydroxyl groups is 2. The summed E-state index contributed by atoms with van der Waals surface area (Å²) in [7, 11) is 0. The SMILES string of the molecule is CC(O)c1cccc(NC(=O)N2CCC(O)C(C)C2)c1. The zero-order valence-corrected chi connectivity index (χ0v) is 11.9. The number of piperidine rings is 1. The number of rotatable bonds is 2. The molecule has 0 aromatic heterocycles. The predicted molar refractivity (Wildman–Crippen MR) is 77.5 cm³/mol. The van der Waals surface area contributed by atoms with Crippen LogP contribution < -0.4 is 5.32 Å². The molecule has 0 radical (unpaired) electrons. The molecular formula is C15H22N2O3. The fraction of sp³-hybridized carbons (Fsp3) is 0.533. The fourth-order valence-corrected chi connectivity index (χ4v) is 2.40. The zero-order chi connectivity index (χ0) is 14.7. The normalized spacial score (nSPS) is 24.3. The van der Waals surface area contributed by atoms with Crippen molar-refractivity contribution in [3.8, 4) is 0 Å². The van der Waals surface area contributed by atoms with E-state index < -0.39 is 6.10 Å². The Bertz CT molecular complexity index is 476. The third-order valence-electron chi connectivity index (χ3n) is 3.77. The molecule has 110 valence electrons. The molecule has 5 heteroatoms. The van der Waals surface area contributed by atoms with Gasteiger partial charge in [0, 0.05) is 18.8 Å². The van der Waals surface area contributed by atoms with Crippen molar-refractivity contribution < 1.29 is 15.0 Å². The van der Waals surface area contributed by atoms with Crippen LogP contribution in [0.1, 0.15) is 31.9 Å². The van der Waals surface area contributed by atoms with Gasteiger partial charge < -0.3 is 20.4 Å². The number of likely N-dealkylation sites (tertiary alicyclic amines) is 1. The van der Waals surface area contributed by atoms with Crippen molar-refractivity contribution in [2.24, 2.45) is 5.92 Å². The Hall–Kier alpha value is -1.59.